The molecule has 2 aromatic rings. The molecule has 0 atom stereocenters. The third kappa shape index (κ3) is 5.01. The Labute approximate surface area is 135 Å². The van der Waals surface area contributed by atoms with E-state index in [0.717, 1.165) is 19.5 Å². The van der Waals surface area contributed by atoms with Crippen molar-refractivity contribution in [3.63, 3.8) is 0 Å². The van der Waals surface area contributed by atoms with Gasteiger partial charge in [0.25, 0.3) is 5.82 Å². The third-order valence-electron chi connectivity index (χ3n) is 4.35. The summed E-state index contributed by atoms with van der Waals surface area (Å²) in [7, 11) is 0. The Morgan fingerprint density at radius 3 is 2.36 bits per heavy atom. The van der Waals surface area contributed by atoms with Crippen LogP contribution < -0.4 is 4.57 Å². The normalized spacial score (nSPS) is 11.0. The topological polar surface area (TPSA) is 8.81 Å². The first-order valence-electron chi connectivity index (χ1n) is 8.96. The maximum absolute atomic E-state index is 2.45. The summed E-state index contributed by atoms with van der Waals surface area (Å²) >= 11 is 0. The highest BCUT2D eigenvalue weighted by atomic mass is 15.1. The summed E-state index contributed by atoms with van der Waals surface area (Å²) in [5, 5.41) is 0. The van der Waals surface area contributed by atoms with E-state index in [-0.39, 0.29) is 0 Å². The summed E-state index contributed by atoms with van der Waals surface area (Å²) in [6.07, 6.45) is 13.8. The van der Waals surface area contributed by atoms with E-state index >= 15 is 0 Å². The molecule has 2 rings (SSSR count). The number of aryl methyl sites for hydroxylation is 1. The van der Waals surface area contributed by atoms with Crippen molar-refractivity contribution in [2.45, 2.75) is 71.9 Å². The Morgan fingerprint density at radius 1 is 0.909 bits per heavy atom. The van der Waals surface area contributed by atoms with Crippen molar-refractivity contribution in [3.8, 4) is 0 Å². The highest BCUT2D eigenvalue weighted by Crippen LogP contribution is 2.08. The molecule has 0 amide bonds. The summed E-state index contributed by atoms with van der Waals surface area (Å²) < 4.78 is 4.84. The van der Waals surface area contributed by atoms with Crippen molar-refractivity contribution in [2.75, 3.05) is 0 Å². The molecule has 0 aliphatic carbocycles. The van der Waals surface area contributed by atoms with Crippen molar-refractivity contribution in [1.82, 2.24) is 4.57 Å². The van der Waals surface area contributed by atoms with Crippen LogP contribution in [0, 0.1) is 0 Å². The molecule has 0 radical (unpaired) electrons. The third-order valence-corrected chi connectivity index (χ3v) is 4.35. The quantitative estimate of drug-likeness (QED) is 0.442. The second-order valence-electron chi connectivity index (χ2n) is 6.14. The van der Waals surface area contributed by atoms with Gasteiger partial charge in [-0.15, -0.1) is 0 Å². The molecule has 1 aromatic heterocycles. The van der Waals surface area contributed by atoms with E-state index in [1.807, 2.05) is 0 Å². The Hall–Kier alpha value is -1.57. The molecule has 0 spiro atoms. The van der Waals surface area contributed by atoms with E-state index in [1.54, 1.807) is 0 Å². The zero-order chi connectivity index (χ0) is 15.6. The summed E-state index contributed by atoms with van der Waals surface area (Å²) in [6, 6.07) is 10.7. The molecule has 0 unspecified atom stereocenters. The fourth-order valence-electron chi connectivity index (χ4n) is 3.09. The predicted molar refractivity (Wildman–Crippen MR) is 92.9 cm³/mol. The molecule has 0 aliphatic heterocycles. The lowest BCUT2D eigenvalue weighted by molar-refractivity contribution is -0.695. The minimum absolute atomic E-state index is 0.980. The molecular formula is C20H31N2+. The molecule has 2 heteroatoms. The van der Waals surface area contributed by atoms with Crippen molar-refractivity contribution >= 4 is 0 Å². The van der Waals surface area contributed by atoms with Gasteiger partial charge in [-0.05, 0) is 18.4 Å². The highest BCUT2D eigenvalue weighted by Gasteiger charge is 2.14. The first-order valence-corrected chi connectivity index (χ1v) is 8.96. The van der Waals surface area contributed by atoms with Gasteiger partial charge in [-0.25, -0.2) is 9.13 Å². The van der Waals surface area contributed by atoms with E-state index in [1.165, 1.54) is 49.9 Å². The van der Waals surface area contributed by atoms with E-state index in [0.29, 0.717) is 0 Å². The number of hydrogen-bond acceptors (Lipinski definition) is 0. The lowest BCUT2D eigenvalue weighted by Gasteiger charge is -2.04. The fraction of sp³-hybridized carbons (Fsp3) is 0.550. The van der Waals surface area contributed by atoms with Crippen LogP contribution in [0.4, 0.5) is 0 Å². The largest absolute Gasteiger partial charge is 0.256 e. The Balaban J connectivity index is 1.87. The molecule has 22 heavy (non-hydrogen) atoms. The molecular weight excluding hydrogens is 268 g/mol. The van der Waals surface area contributed by atoms with Crippen LogP contribution in [0.3, 0.4) is 0 Å². The highest BCUT2D eigenvalue weighted by molar-refractivity contribution is 5.13. The molecule has 120 valence electrons. The Morgan fingerprint density at radius 2 is 1.64 bits per heavy atom. The molecule has 0 fully saturated rings. The predicted octanol–water partition coefficient (Wildman–Crippen LogP) is 4.75. The van der Waals surface area contributed by atoms with E-state index in [2.05, 4.69) is 65.7 Å². The summed E-state index contributed by atoms with van der Waals surface area (Å²) in [4.78, 5) is 0. The van der Waals surface area contributed by atoms with Gasteiger partial charge in [-0.2, -0.15) is 0 Å². The molecule has 0 bridgehead atoms. The zero-order valence-electron chi connectivity index (χ0n) is 14.3. The molecule has 0 N–H and O–H groups in total. The number of benzene rings is 1. The van der Waals surface area contributed by atoms with Crippen LogP contribution in [0.25, 0.3) is 0 Å². The van der Waals surface area contributed by atoms with Gasteiger partial charge in [0.05, 0.1) is 6.54 Å². The Bertz CT molecular complexity index is 528. The molecule has 0 aliphatic rings. The minimum atomic E-state index is 0.980. The monoisotopic (exact) mass is 299 g/mol. The molecule has 2 nitrogen and oxygen atoms in total. The number of nitrogens with zero attached hydrogens (tertiary/aromatic N) is 2. The number of aromatic nitrogens is 2. The second kappa shape index (κ2) is 9.45. The van der Waals surface area contributed by atoms with Gasteiger partial charge < -0.3 is 0 Å². The number of imidazole rings is 1. The van der Waals surface area contributed by atoms with Crippen LogP contribution in [-0.2, 0) is 19.5 Å². The summed E-state index contributed by atoms with van der Waals surface area (Å²) in [6.45, 7) is 6.68. The van der Waals surface area contributed by atoms with E-state index < -0.39 is 0 Å². The average molecular weight is 299 g/mol. The van der Waals surface area contributed by atoms with Gasteiger partial charge in [-0.3, -0.25) is 0 Å². The van der Waals surface area contributed by atoms with Gasteiger partial charge in [0.15, 0.2) is 0 Å². The van der Waals surface area contributed by atoms with E-state index in [9.17, 15) is 0 Å². The molecule has 1 heterocycles. The maximum atomic E-state index is 2.45. The van der Waals surface area contributed by atoms with Crippen LogP contribution >= 0.6 is 0 Å². The lowest BCUT2D eigenvalue weighted by Crippen LogP contribution is -2.37. The SMILES string of the molecule is CCCCCCCCn1cc[n+](Cc2ccccc2)c1CC. The average Bonchev–Trinajstić information content (AvgIpc) is 2.93. The summed E-state index contributed by atoms with van der Waals surface area (Å²) in [5.41, 5.74) is 1.37. The van der Waals surface area contributed by atoms with Gasteiger partial charge >= 0.3 is 0 Å². The number of hydrogen-bond donors (Lipinski definition) is 0. The first kappa shape index (κ1) is 16.8. The minimum Gasteiger partial charge on any atom is -0.234 e. The van der Waals surface area contributed by atoms with Crippen LogP contribution in [0.5, 0.6) is 0 Å². The molecule has 0 saturated heterocycles. The summed E-state index contributed by atoms with van der Waals surface area (Å²) in [5.74, 6) is 1.44. The van der Waals surface area contributed by atoms with Gasteiger partial charge in [0.1, 0.15) is 18.9 Å². The number of unbranched alkanes of at least 4 members (excludes halogenated alkanes) is 5. The second-order valence-corrected chi connectivity index (χ2v) is 6.14. The van der Waals surface area contributed by atoms with Crippen LogP contribution in [0.15, 0.2) is 42.7 Å². The van der Waals surface area contributed by atoms with Crippen molar-refractivity contribution in [1.29, 1.82) is 0 Å². The van der Waals surface area contributed by atoms with Gasteiger partial charge in [-0.1, -0.05) is 69.9 Å². The maximum Gasteiger partial charge on any atom is 0.256 e. The first-order chi connectivity index (χ1) is 10.8. The lowest BCUT2D eigenvalue weighted by atomic mass is 10.1. The Kier molecular flexibility index (Phi) is 7.21. The zero-order valence-corrected chi connectivity index (χ0v) is 14.3. The van der Waals surface area contributed by atoms with Crippen LogP contribution in [0.1, 0.15) is 63.8 Å². The molecule has 0 saturated carbocycles. The van der Waals surface area contributed by atoms with Crippen LogP contribution in [-0.4, -0.2) is 4.57 Å². The van der Waals surface area contributed by atoms with Crippen LogP contribution in [0.2, 0.25) is 0 Å². The standard InChI is InChI=1S/C20H31N2/c1-3-5-6-7-8-12-15-21-16-17-22(20(21)4-2)18-19-13-10-9-11-14-19/h9-11,13-14,16-17H,3-8,12,15,18H2,1-2H3/q+1. The fourth-order valence-corrected chi connectivity index (χ4v) is 3.09. The van der Waals surface area contributed by atoms with Crippen molar-refractivity contribution < 1.29 is 4.57 Å². The van der Waals surface area contributed by atoms with E-state index in [4.69, 9.17) is 0 Å². The van der Waals surface area contributed by atoms with Gasteiger partial charge in [0, 0.05) is 6.42 Å². The van der Waals surface area contributed by atoms with Crippen molar-refractivity contribution in [3.05, 3.63) is 54.1 Å². The smallest absolute Gasteiger partial charge is 0.234 e. The number of rotatable bonds is 10. The molecule has 1 aromatic carbocycles. The van der Waals surface area contributed by atoms with Gasteiger partial charge in [0.2, 0.25) is 0 Å². The van der Waals surface area contributed by atoms with Crippen molar-refractivity contribution in [2.24, 2.45) is 0 Å².